The molecule has 0 bridgehead atoms. The van der Waals surface area contributed by atoms with Crippen molar-refractivity contribution >= 4 is 59.5 Å². The third-order valence-electron chi connectivity index (χ3n) is 11.6. The van der Waals surface area contributed by atoms with E-state index in [9.17, 15) is 53.4 Å². The van der Waals surface area contributed by atoms with Gasteiger partial charge in [-0.1, -0.05) is 23.4 Å². The summed E-state index contributed by atoms with van der Waals surface area (Å²) < 4.78 is 62.5. The molecule has 0 saturated carbocycles. The fourth-order valence-electron chi connectivity index (χ4n) is 8.35. The Bertz CT molecular complexity index is 2830. The molecule has 30 heteroatoms. The van der Waals surface area contributed by atoms with Gasteiger partial charge in [-0.25, -0.2) is 28.8 Å². The molecule has 3 aliphatic rings. The van der Waals surface area contributed by atoms with Crippen LogP contribution in [0.25, 0.3) is 0 Å². The molecule has 2 fully saturated rings. The van der Waals surface area contributed by atoms with Gasteiger partial charge in [-0.2, -0.15) is 5.48 Å². The Morgan fingerprint density at radius 1 is 0.875 bits per heavy atom. The zero-order chi connectivity index (χ0) is 58.6. The minimum absolute atomic E-state index is 0.00569. The summed E-state index contributed by atoms with van der Waals surface area (Å²) in [5, 5.41) is 31.2. The summed E-state index contributed by atoms with van der Waals surface area (Å²) in [5.41, 5.74) is 1.25. The van der Waals surface area contributed by atoms with Gasteiger partial charge in [0.1, 0.15) is 24.6 Å². The SMILES string of the molecule is C=C1C[C@H]2C(O)N(C(=O)OCc3ccc(O[C@@H]4O[C@H](C(=O)OC)[C@@H](OC(C)=O)[C@H](OC(C)=O)[C@H]4OC(C)=O)c(C(=O)NCCOCCONC(=O)OC(C)(C)C)c3)c3cc(OCCn4cc(C(=O)O)nn4)c(OC)cc3C(=O)N2C1. The number of carboxylic acids is 1. The number of aromatic carboxylic acids is 1. The highest BCUT2D eigenvalue weighted by molar-refractivity contribution is 6.06. The lowest BCUT2D eigenvalue weighted by molar-refractivity contribution is -0.282. The van der Waals surface area contributed by atoms with E-state index in [2.05, 4.69) is 27.7 Å². The highest BCUT2D eigenvalue weighted by atomic mass is 16.7. The van der Waals surface area contributed by atoms with Gasteiger partial charge in [0.15, 0.2) is 41.7 Å². The molecule has 1 aromatic heterocycles. The van der Waals surface area contributed by atoms with Crippen LogP contribution in [0, 0.1) is 0 Å². The first-order valence-corrected chi connectivity index (χ1v) is 24.5. The number of ether oxygens (including phenoxy) is 11. The molecule has 3 aliphatic heterocycles. The first-order valence-electron chi connectivity index (χ1n) is 24.5. The summed E-state index contributed by atoms with van der Waals surface area (Å²) in [6, 6.07) is 5.47. The lowest BCUT2D eigenvalue weighted by atomic mass is 9.97. The van der Waals surface area contributed by atoms with E-state index in [0.29, 0.717) is 5.57 Å². The van der Waals surface area contributed by atoms with Crippen molar-refractivity contribution in [2.24, 2.45) is 0 Å². The maximum atomic E-state index is 14.5. The molecule has 3 aromatic rings. The number of carboxylic acid groups (broad SMARTS) is 1. The number of carbonyl (C=O) groups excluding carboxylic acids is 8. The van der Waals surface area contributed by atoms with Crippen LogP contribution < -0.4 is 29.9 Å². The summed E-state index contributed by atoms with van der Waals surface area (Å²) in [7, 11) is 2.32. The van der Waals surface area contributed by atoms with Gasteiger partial charge in [-0.15, -0.1) is 5.10 Å². The number of nitrogens with zero attached hydrogens (tertiary/aromatic N) is 5. The van der Waals surface area contributed by atoms with Crippen molar-refractivity contribution < 1.29 is 110 Å². The topological polar surface area (TPSA) is 366 Å². The lowest BCUT2D eigenvalue weighted by Gasteiger charge is -2.43. The molecule has 4 amide bonds. The number of benzene rings is 2. The number of methoxy groups -OCH3 is 2. The molecular weight excluding hydrogens is 1070 g/mol. The van der Waals surface area contributed by atoms with Crippen molar-refractivity contribution in [1.82, 2.24) is 30.7 Å². The van der Waals surface area contributed by atoms with Crippen molar-refractivity contribution in [1.29, 1.82) is 0 Å². The maximum absolute atomic E-state index is 14.5. The summed E-state index contributed by atoms with van der Waals surface area (Å²) in [5.74, 6) is -6.95. The minimum Gasteiger partial charge on any atom is -0.493 e. The van der Waals surface area contributed by atoms with E-state index < -0.39 is 109 Å². The monoisotopic (exact) mass is 1130 g/mol. The van der Waals surface area contributed by atoms with Crippen LogP contribution in [0.15, 0.2) is 48.7 Å². The number of anilines is 1. The number of aliphatic hydroxyl groups is 1. The number of esters is 4. The molecule has 6 rings (SSSR count). The maximum Gasteiger partial charge on any atom is 0.431 e. The Hall–Kier alpha value is -8.61. The number of hydrogen-bond acceptors (Lipinski definition) is 24. The molecule has 4 N–H and O–H groups in total. The van der Waals surface area contributed by atoms with Gasteiger partial charge >= 0.3 is 42.0 Å². The van der Waals surface area contributed by atoms with Crippen LogP contribution in [0.1, 0.15) is 84.7 Å². The van der Waals surface area contributed by atoms with E-state index in [1.165, 1.54) is 53.2 Å². The van der Waals surface area contributed by atoms with Crippen molar-refractivity contribution in [2.75, 3.05) is 58.6 Å². The average Bonchev–Trinajstić information content (AvgIpc) is 4.02. The number of carbonyl (C=O) groups is 9. The standard InChI is InChI=1S/C50H61N7O23/c1-25-18-34-44(63)57(33-21-37(36(69-8)20-30(33)43(62)56(34)22-25)72-15-13-55-23-32(45(64)65)52-54-55)49(68)73-24-29-10-11-35(31(19-29)42(61)51-12-14-71-16-17-74-53-48(67)80-50(5,6)7)78-47-41(77-28(4)60)39(76-27(3)59)38(75-26(2)58)40(79-47)46(66)70-9/h10-11,19-21,23,34,38-41,44,47,63H,1,12-18,22,24H2,2-9H3,(H,51,61)(H,53,67)(H,64,65)/t34-,38-,39-,40-,41+,44?,47+/m0/s1. The molecule has 1 unspecified atom stereocenters. The highest BCUT2D eigenvalue weighted by Gasteiger charge is 2.56. The molecule has 2 aromatic carbocycles. The van der Waals surface area contributed by atoms with Crippen LogP contribution in [0.5, 0.6) is 17.2 Å². The Morgan fingerprint density at radius 2 is 1.57 bits per heavy atom. The summed E-state index contributed by atoms with van der Waals surface area (Å²) in [6.07, 6.45) is -11.4. The predicted molar refractivity (Wildman–Crippen MR) is 266 cm³/mol. The smallest absolute Gasteiger partial charge is 0.431 e. The third-order valence-corrected chi connectivity index (χ3v) is 11.6. The first-order chi connectivity index (χ1) is 37.9. The van der Waals surface area contributed by atoms with Crippen LogP contribution in [0.4, 0.5) is 15.3 Å². The van der Waals surface area contributed by atoms with Crippen molar-refractivity contribution in [2.45, 2.75) is 110 Å². The van der Waals surface area contributed by atoms with E-state index in [1.807, 2.05) is 0 Å². The van der Waals surface area contributed by atoms with E-state index in [-0.39, 0.29) is 97.8 Å². The third kappa shape index (κ3) is 15.6. The van der Waals surface area contributed by atoms with Crippen LogP contribution >= 0.6 is 0 Å². The van der Waals surface area contributed by atoms with E-state index in [1.54, 1.807) is 20.8 Å². The van der Waals surface area contributed by atoms with Gasteiger partial charge in [0, 0.05) is 39.9 Å². The Kier molecular flexibility index (Phi) is 20.3. The molecule has 80 heavy (non-hydrogen) atoms. The van der Waals surface area contributed by atoms with E-state index >= 15 is 0 Å². The molecular formula is C50H61N7O23. The van der Waals surface area contributed by atoms with Crippen LogP contribution in [-0.4, -0.2) is 186 Å². The molecule has 4 heterocycles. The zero-order valence-electron chi connectivity index (χ0n) is 44.8. The van der Waals surface area contributed by atoms with Gasteiger partial charge in [-0.05, 0) is 51.0 Å². The Morgan fingerprint density at radius 3 is 2.23 bits per heavy atom. The second-order valence-corrected chi connectivity index (χ2v) is 18.8. The van der Waals surface area contributed by atoms with E-state index in [0.717, 1.165) is 32.8 Å². The van der Waals surface area contributed by atoms with Crippen molar-refractivity contribution in [3.8, 4) is 17.2 Å². The Labute approximate surface area is 456 Å². The zero-order valence-corrected chi connectivity index (χ0v) is 44.8. The van der Waals surface area contributed by atoms with Gasteiger partial charge in [-0.3, -0.25) is 28.8 Å². The molecule has 0 aliphatic carbocycles. The number of aliphatic hydroxyl groups excluding tert-OH is 1. The summed E-state index contributed by atoms with van der Waals surface area (Å²) in [4.78, 5) is 124. The van der Waals surface area contributed by atoms with Crippen LogP contribution in [0.2, 0.25) is 0 Å². The van der Waals surface area contributed by atoms with Crippen LogP contribution in [-0.2, 0) is 75.1 Å². The molecule has 0 spiro atoms. The fourth-order valence-corrected chi connectivity index (χ4v) is 8.35. The number of fused-ring (bicyclic) bond motifs is 2. The van der Waals surface area contributed by atoms with Gasteiger partial charge < -0.3 is 72.5 Å². The predicted octanol–water partition coefficient (Wildman–Crippen LogP) is 1.58. The van der Waals surface area contributed by atoms with E-state index in [4.69, 9.17) is 56.9 Å². The number of nitrogens with one attached hydrogen (secondary N) is 2. The number of aromatic nitrogens is 3. The molecule has 0 radical (unpaired) electrons. The van der Waals surface area contributed by atoms with Gasteiger partial charge in [0.2, 0.25) is 12.4 Å². The summed E-state index contributed by atoms with van der Waals surface area (Å²) in [6.45, 7) is 10.9. The number of amides is 4. The second-order valence-electron chi connectivity index (χ2n) is 18.8. The van der Waals surface area contributed by atoms with Crippen LogP contribution in [0.3, 0.4) is 0 Å². The number of hydroxylamine groups is 1. The van der Waals surface area contributed by atoms with Gasteiger partial charge in [0.25, 0.3) is 11.8 Å². The molecule has 434 valence electrons. The second kappa shape index (κ2) is 26.8. The van der Waals surface area contributed by atoms with Crippen molar-refractivity contribution in [3.63, 3.8) is 0 Å². The summed E-state index contributed by atoms with van der Waals surface area (Å²) >= 11 is 0. The first kappa shape index (κ1) is 60.6. The lowest BCUT2D eigenvalue weighted by Crippen LogP contribution is -2.64. The minimum atomic E-state index is -1.90. The molecule has 2 saturated heterocycles. The normalized spacial score (nSPS) is 20.4. The van der Waals surface area contributed by atoms with Gasteiger partial charge in [0.05, 0.1) is 69.6 Å². The Balaban J connectivity index is 1.29. The fraction of sp³-hybridized carbons (Fsp3) is 0.500. The quantitative estimate of drug-likeness (QED) is 0.0365. The molecule has 30 nitrogen and oxygen atoms in total. The highest BCUT2D eigenvalue weighted by Crippen LogP contribution is 2.42. The molecule has 7 atom stereocenters. The van der Waals surface area contributed by atoms with Crippen molar-refractivity contribution in [3.05, 3.63) is 71.1 Å². The average molecular weight is 1130 g/mol. The number of rotatable bonds is 22. The largest absolute Gasteiger partial charge is 0.493 e. The number of hydrogen-bond donors (Lipinski definition) is 4.